The molecule has 9 heteroatoms. The number of nitrogens with zero attached hydrogens (tertiary/aromatic N) is 1. The van der Waals surface area contributed by atoms with Crippen LogP contribution in [0.15, 0.2) is 41.2 Å². The Morgan fingerprint density at radius 3 is 2.58 bits per heavy atom. The molecule has 194 valence electrons. The molecule has 2 aromatic heterocycles. The number of benzene rings is 2. The van der Waals surface area contributed by atoms with Gasteiger partial charge in [0.25, 0.3) is 5.56 Å². The fourth-order valence-corrected chi connectivity index (χ4v) is 5.26. The molecule has 0 atom stereocenters. The molecular formula is C29H26N2O7. The van der Waals surface area contributed by atoms with Gasteiger partial charge in [0.15, 0.2) is 11.8 Å². The molecule has 0 spiro atoms. The van der Waals surface area contributed by atoms with E-state index in [0.29, 0.717) is 40.4 Å². The average Bonchev–Trinajstić information content (AvgIpc) is 3.07. The van der Waals surface area contributed by atoms with Gasteiger partial charge in [0, 0.05) is 41.6 Å². The SMILES string of the molecule is COc1ccc(Cc2c(C=O)n(C)c3cc4c(cc23)-c2[nH]c(=O)c(C(=O)O)c(O)c2CC=C4C)c(OC)c1. The molecule has 0 unspecified atom stereocenters. The molecule has 0 bridgehead atoms. The van der Waals surface area contributed by atoms with E-state index >= 15 is 0 Å². The number of ether oxygens (including phenoxy) is 2. The third kappa shape index (κ3) is 3.75. The summed E-state index contributed by atoms with van der Waals surface area (Å²) < 4.78 is 12.7. The number of carbonyl (C=O) groups excluding carboxylic acids is 1. The normalized spacial score (nSPS) is 12.4. The summed E-state index contributed by atoms with van der Waals surface area (Å²) >= 11 is 0. The van der Waals surface area contributed by atoms with Gasteiger partial charge >= 0.3 is 5.97 Å². The second kappa shape index (κ2) is 9.26. The van der Waals surface area contributed by atoms with Crippen molar-refractivity contribution >= 4 is 28.7 Å². The largest absolute Gasteiger partial charge is 0.506 e. The maximum absolute atomic E-state index is 12.7. The van der Waals surface area contributed by atoms with Crippen molar-refractivity contribution < 1.29 is 29.3 Å². The maximum Gasteiger partial charge on any atom is 0.345 e. The van der Waals surface area contributed by atoms with E-state index in [1.54, 1.807) is 20.3 Å². The number of methoxy groups -OCH3 is 2. The van der Waals surface area contributed by atoms with Crippen molar-refractivity contribution in [2.24, 2.45) is 7.05 Å². The van der Waals surface area contributed by atoms with Gasteiger partial charge in [-0.15, -0.1) is 0 Å². The zero-order valence-electron chi connectivity index (χ0n) is 21.3. The number of nitrogens with one attached hydrogen (secondary N) is 1. The lowest BCUT2D eigenvalue weighted by Crippen LogP contribution is -2.20. The van der Waals surface area contributed by atoms with Gasteiger partial charge in [-0.3, -0.25) is 9.59 Å². The van der Waals surface area contributed by atoms with Crippen LogP contribution in [0.4, 0.5) is 0 Å². The lowest BCUT2D eigenvalue weighted by molar-refractivity contribution is 0.0691. The Bertz CT molecular complexity index is 1740. The van der Waals surface area contributed by atoms with Gasteiger partial charge in [-0.05, 0) is 53.8 Å². The van der Waals surface area contributed by atoms with E-state index in [2.05, 4.69) is 4.98 Å². The molecular weight excluding hydrogens is 488 g/mol. The number of aromatic hydroxyl groups is 1. The van der Waals surface area contributed by atoms with Crippen molar-refractivity contribution in [3.63, 3.8) is 0 Å². The number of H-pyrrole nitrogens is 1. The van der Waals surface area contributed by atoms with Crippen LogP contribution in [-0.2, 0) is 19.9 Å². The predicted octanol–water partition coefficient (Wildman–Crippen LogP) is 4.32. The fraction of sp³-hybridized carbons (Fsp3) is 0.207. The molecule has 0 amide bonds. The van der Waals surface area contributed by atoms with E-state index in [1.165, 1.54) is 0 Å². The highest BCUT2D eigenvalue weighted by Crippen LogP contribution is 2.41. The number of aryl methyl sites for hydroxylation is 1. The van der Waals surface area contributed by atoms with Gasteiger partial charge in [-0.2, -0.15) is 0 Å². The van der Waals surface area contributed by atoms with E-state index < -0.39 is 22.8 Å². The quantitative estimate of drug-likeness (QED) is 0.327. The minimum atomic E-state index is -1.50. The Balaban J connectivity index is 1.80. The van der Waals surface area contributed by atoms with Crippen molar-refractivity contribution in [2.45, 2.75) is 19.8 Å². The Kier molecular flexibility index (Phi) is 6.06. The van der Waals surface area contributed by atoms with Gasteiger partial charge in [0.05, 0.1) is 25.6 Å². The van der Waals surface area contributed by atoms with E-state index in [-0.39, 0.29) is 6.42 Å². The van der Waals surface area contributed by atoms with Crippen LogP contribution < -0.4 is 15.0 Å². The van der Waals surface area contributed by atoms with Crippen LogP contribution in [0.3, 0.4) is 0 Å². The number of allylic oxidation sites excluding steroid dienone is 2. The summed E-state index contributed by atoms with van der Waals surface area (Å²) in [7, 11) is 4.97. The number of carbonyl (C=O) groups is 2. The van der Waals surface area contributed by atoms with Crippen molar-refractivity contribution in [3.8, 4) is 28.5 Å². The first-order valence-corrected chi connectivity index (χ1v) is 11.9. The number of hydrogen-bond donors (Lipinski definition) is 3. The predicted molar refractivity (Wildman–Crippen MR) is 143 cm³/mol. The first-order chi connectivity index (χ1) is 18.2. The summed E-state index contributed by atoms with van der Waals surface area (Å²) in [6.45, 7) is 1.91. The van der Waals surface area contributed by atoms with Crippen LogP contribution in [-0.4, -0.2) is 46.2 Å². The van der Waals surface area contributed by atoms with Crippen molar-refractivity contribution in [1.82, 2.24) is 9.55 Å². The number of hydrogen-bond acceptors (Lipinski definition) is 6. The standard InChI is InChI=1S/C29H26N2O7/c1-14-5-8-17-26(30-28(34)25(27(17)33)29(35)36)21-11-20-19(23(13-32)31(2)22(20)12-18(14)21)9-15-6-7-16(37-3)10-24(15)38-4/h5-7,10-13H,8-9H2,1-4H3,(H,35,36)(H2,30,33,34). The molecule has 2 heterocycles. The summed E-state index contributed by atoms with van der Waals surface area (Å²) in [5, 5.41) is 21.0. The fourth-order valence-electron chi connectivity index (χ4n) is 5.26. The lowest BCUT2D eigenvalue weighted by Gasteiger charge is -2.14. The van der Waals surface area contributed by atoms with Gasteiger partial charge in [0.2, 0.25) is 0 Å². The molecule has 0 saturated carbocycles. The van der Waals surface area contributed by atoms with E-state index in [1.807, 2.05) is 48.9 Å². The van der Waals surface area contributed by atoms with Crippen LogP contribution in [0, 0.1) is 0 Å². The number of pyridine rings is 1. The van der Waals surface area contributed by atoms with E-state index in [9.17, 15) is 24.6 Å². The number of carboxylic acids is 1. The molecule has 2 aromatic carbocycles. The van der Waals surface area contributed by atoms with Crippen molar-refractivity contribution in [1.29, 1.82) is 0 Å². The summed E-state index contributed by atoms with van der Waals surface area (Å²) in [6.07, 6.45) is 3.33. The summed E-state index contributed by atoms with van der Waals surface area (Å²) in [6, 6.07) is 9.34. The summed E-state index contributed by atoms with van der Waals surface area (Å²) in [5.74, 6) is -0.778. The van der Waals surface area contributed by atoms with Crippen LogP contribution in [0.2, 0.25) is 0 Å². The monoisotopic (exact) mass is 514 g/mol. The highest BCUT2D eigenvalue weighted by molar-refractivity contribution is 6.00. The Labute approximate surface area is 217 Å². The summed E-state index contributed by atoms with van der Waals surface area (Å²) in [5.41, 5.74) is 4.38. The number of aromatic carboxylic acids is 1. The zero-order valence-corrected chi connectivity index (χ0v) is 21.3. The second-order valence-corrected chi connectivity index (χ2v) is 9.24. The molecule has 5 rings (SSSR count). The molecule has 0 radical (unpaired) electrons. The molecule has 0 fully saturated rings. The number of carboxylic acid groups (broad SMARTS) is 1. The van der Waals surface area contributed by atoms with Crippen LogP contribution in [0.5, 0.6) is 17.2 Å². The molecule has 0 saturated heterocycles. The van der Waals surface area contributed by atoms with Crippen molar-refractivity contribution in [3.05, 3.63) is 80.3 Å². The molecule has 9 nitrogen and oxygen atoms in total. The topological polar surface area (TPSA) is 131 Å². The lowest BCUT2D eigenvalue weighted by atomic mass is 9.93. The van der Waals surface area contributed by atoms with E-state index in [4.69, 9.17) is 9.47 Å². The van der Waals surface area contributed by atoms with Crippen LogP contribution >= 0.6 is 0 Å². The molecule has 0 aliphatic heterocycles. The number of aldehydes is 1. The highest BCUT2D eigenvalue weighted by Gasteiger charge is 2.27. The molecule has 1 aliphatic rings. The summed E-state index contributed by atoms with van der Waals surface area (Å²) in [4.78, 5) is 39.3. The molecule has 3 N–H and O–H groups in total. The second-order valence-electron chi connectivity index (χ2n) is 9.24. The van der Waals surface area contributed by atoms with E-state index in [0.717, 1.165) is 39.5 Å². The third-order valence-corrected chi connectivity index (χ3v) is 7.28. The Hall–Kier alpha value is -4.79. The minimum Gasteiger partial charge on any atom is -0.506 e. The van der Waals surface area contributed by atoms with Crippen LogP contribution in [0.1, 0.15) is 50.0 Å². The smallest absolute Gasteiger partial charge is 0.345 e. The molecule has 38 heavy (non-hydrogen) atoms. The number of aromatic amines is 1. The van der Waals surface area contributed by atoms with Crippen LogP contribution in [0.25, 0.3) is 27.7 Å². The zero-order chi connectivity index (χ0) is 27.3. The Morgan fingerprint density at radius 2 is 1.92 bits per heavy atom. The number of rotatable bonds is 6. The number of aromatic nitrogens is 2. The van der Waals surface area contributed by atoms with Gasteiger partial charge < -0.3 is 29.2 Å². The van der Waals surface area contributed by atoms with Crippen molar-refractivity contribution in [2.75, 3.05) is 14.2 Å². The highest BCUT2D eigenvalue weighted by atomic mass is 16.5. The van der Waals surface area contributed by atoms with Gasteiger partial charge in [0.1, 0.15) is 17.2 Å². The van der Waals surface area contributed by atoms with Gasteiger partial charge in [-0.1, -0.05) is 12.1 Å². The van der Waals surface area contributed by atoms with Gasteiger partial charge in [-0.25, -0.2) is 4.79 Å². The molecule has 4 aromatic rings. The maximum atomic E-state index is 12.7. The molecule has 1 aliphatic carbocycles. The minimum absolute atomic E-state index is 0.241. The average molecular weight is 515 g/mol. The third-order valence-electron chi connectivity index (χ3n) is 7.28. The Morgan fingerprint density at radius 1 is 1.16 bits per heavy atom. The first kappa shape index (κ1) is 24.9. The number of fused-ring (bicyclic) bond motifs is 4. The first-order valence-electron chi connectivity index (χ1n) is 11.9.